The Morgan fingerprint density at radius 1 is 1.00 bits per heavy atom. The van der Waals surface area contributed by atoms with Gasteiger partial charge < -0.3 is 0 Å². The molecular weight excluding hydrogens is 266 g/mol. The Kier molecular flexibility index (Phi) is 3.92. The minimum Gasteiger partial charge on any atom is -0.276 e. The third-order valence-electron chi connectivity index (χ3n) is 2.74. The van der Waals surface area contributed by atoms with Crippen LogP contribution in [-0.2, 0) is 6.42 Å². The molecule has 0 spiro atoms. The van der Waals surface area contributed by atoms with Gasteiger partial charge in [-0.05, 0) is 41.3 Å². The first-order valence-corrected chi connectivity index (χ1v) is 5.96. The van der Waals surface area contributed by atoms with Crippen LogP contribution in [0.4, 0.5) is 5.69 Å². The zero-order chi connectivity index (χ0) is 13.8. The number of halogens is 1. The van der Waals surface area contributed by atoms with Crippen LogP contribution < -0.4 is 0 Å². The van der Waals surface area contributed by atoms with E-state index in [9.17, 15) is 14.9 Å². The van der Waals surface area contributed by atoms with Crippen LogP contribution in [0.3, 0.4) is 0 Å². The van der Waals surface area contributed by atoms with E-state index in [1.807, 2.05) is 12.1 Å². The number of hydrogen-bond acceptors (Lipinski definition) is 3. The van der Waals surface area contributed by atoms with E-state index in [4.69, 9.17) is 11.6 Å². The molecule has 0 saturated heterocycles. The highest BCUT2D eigenvalue weighted by atomic mass is 35.5. The van der Waals surface area contributed by atoms with E-state index in [-0.39, 0.29) is 5.69 Å². The van der Waals surface area contributed by atoms with Gasteiger partial charge in [0.05, 0.1) is 4.92 Å². The summed E-state index contributed by atoms with van der Waals surface area (Å²) < 4.78 is 0. The van der Waals surface area contributed by atoms with Crippen molar-refractivity contribution in [1.29, 1.82) is 0 Å². The number of benzene rings is 2. The predicted molar refractivity (Wildman–Crippen MR) is 72.5 cm³/mol. The van der Waals surface area contributed by atoms with Crippen molar-refractivity contribution in [3.8, 4) is 0 Å². The monoisotopic (exact) mass is 275 g/mol. The quantitative estimate of drug-likeness (QED) is 0.487. The maximum absolute atomic E-state index is 10.9. The van der Waals surface area contributed by atoms with Gasteiger partial charge in [0.25, 0.3) is 10.9 Å². The molecule has 4 nitrogen and oxygen atoms in total. The molecule has 0 fully saturated rings. The summed E-state index contributed by atoms with van der Waals surface area (Å²) in [7, 11) is 0. The van der Waals surface area contributed by atoms with Crippen LogP contribution in [0.1, 0.15) is 21.5 Å². The Hall–Kier alpha value is -2.20. The SMILES string of the molecule is O=C(Cl)c1ccc(Cc2ccc([N+](=O)[O-])cc2)cc1. The van der Waals surface area contributed by atoms with Crippen molar-refractivity contribution >= 4 is 22.5 Å². The third kappa shape index (κ3) is 3.39. The van der Waals surface area contributed by atoms with Crippen molar-refractivity contribution in [2.75, 3.05) is 0 Å². The summed E-state index contributed by atoms with van der Waals surface area (Å²) in [6.07, 6.45) is 0.648. The Morgan fingerprint density at radius 3 is 1.89 bits per heavy atom. The van der Waals surface area contributed by atoms with Gasteiger partial charge in [0.2, 0.25) is 0 Å². The van der Waals surface area contributed by atoms with Crippen molar-refractivity contribution in [2.45, 2.75) is 6.42 Å². The van der Waals surface area contributed by atoms with Crippen molar-refractivity contribution in [2.24, 2.45) is 0 Å². The summed E-state index contributed by atoms with van der Waals surface area (Å²) in [6, 6.07) is 13.4. The van der Waals surface area contributed by atoms with Gasteiger partial charge in [-0.2, -0.15) is 0 Å². The molecule has 0 heterocycles. The van der Waals surface area contributed by atoms with Crippen LogP contribution in [0.5, 0.6) is 0 Å². The van der Waals surface area contributed by atoms with Gasteiger partial charge in [0.15, 0.2) is 0 Å². The number of carbonyl (C=O) groups is 1. The molecule has 0 amide bonds. The van der Waals surface area contributed by atoms with Crippen molar-refractivity contribution in [3.05, 3.63) is 75.3 Å². The number of rotatable bonds is 4. The molecule has 0 radical (unpaired) electrons. The molecule has 0 aliphatic rings. The summed E-state index contributed by atoms with van der Waals surface area (Å²) in [5.74, 6) is 0. The third-order valence-corrected chi connectivity index (χ3v) is 2.95. The average Bonchev–Trinajstić information content (AvgIpc) is 2.40. The summed E-state index contributed by atoms with van der Waals surface area (Å²) in [4.78, 5) is 21.0. The zero-order valence-corrected chi connectivity index (χ0v) is 10.6. The molecule has 2 aromatic rings. The Labute approximate surface area is 114 Å². The average molecular weight is 276 g/mol. The van der Waals surface area contributed by atoms with E-state index < -0.39 is 10.2 Å². The van der Waals surface area contributed by atoms with Crippen LogP contribution in [-0.4, -0.2) is 10.2 Å². The first-order valence-electron chi connectivity index (χ1n) is 5.58. The van der Waals surface area contributed by atoms with Crippen LogP contribution >= 0.6 is 11.6 Å². The van der Waals surface area contributed by atoms with Gasteiger partial charge in [-0.15, -0.1) is 0 Å². The lowest BCUT2D eigenvalue weighted by atomic mass is 10.0. The molecule has 0 unspecified atom stereocenters. The summed E-state index contributed by atoms with van der Waals surface area (Å²) in [5.41, 5.74) is 2.51. The molecule has 0 aromatic heterocycles. The lowest BCUT2D eigenvalue weighted by Crippen LogP contribution is -1.93. The van der Waals surface area contributed by atoms with E-state index in [2.05, 4.69) is 0 Å². The van der Waals surface area contributed by atoms with Crippen LogP contribution in [0.15, 0.2) is 48.5 Å². The Morgan fingerprint density at radius 2 is 1.47 bits per heavy atom. The lowest BCUT2D eigenvalue weighted by Gasteiger charge is -2.02. The summed E-state index contributed by atoms with van der Waals surface area (Å²) in [5, 5.41) is 10.0. The highest BCUT2D eigenvalue weighted by Gasteiger charge is 2.05. The standard InChI is InChI=1S/C14H10ClNO3/c15-14(17)12-5-1-10(2-6-12)9-11-3-7-13(8-4-11)16(18)19/h1-8H,9H2. The highest BCUT2D eigenvalue weighted by molar-refractivity contribution is 6.67. The number of non-ortho nitro benzene ring substituents is 1. The second-order valence-corrected chi connectivity index (χ2v) is 4.41. The van der Waals surface area contributed by atoms with E-state index in [1.54, 1.807) is 24.3 Å². The van der Waals surface area contributed by atoms with Gasteiger partial charge in [-0.1, -0.05) is 24.3 Å². The molecule has 0 bridgehead atoms. The fraction of sp³-hybridized carbons (Fsp3) is 0.0714. The Balaban J connectivity index is 2.12. The Bertz CT molecular complexity index is 550. The minimum absolute atomic E-state index is 0.0758. The van der Waals surface area contributed by atoms with Crippen LogP contribution in [0.25, 0.3) is 0 Å². The molecule has 2 rings (SSSR count). The van der Waals surface area contributed by atoms with Gasteiger partial charge >= 0.3 is 0 Å². The van der Waals surface area contributed by atoms with E-state index in [0.29, 0.717) is 12.0 Å². The van der Waals surface area contributed by atoms with Gasteiger partial charge in [0.1, 0.15) is 0 Å². The van der Waals surface area contributed by atoms with Gasteiger partial charge in [0, 0.05) is 17.7 Å². The number of nitro benzene ring substituents is 1. The topological polar surface area (TPSA) is 60.2 Å². The maximum atomic E-state index is 10.9. The molecule has 0 N–H and O–H groups in total. The normalized spacial score (nSPS) is 10.2. The van der Waals surface area contributed by atoms with Crippen LogP contribution in [0.2, 0.25) is 0 Å². The van der Waals surface area contributed by atoms with Gasteiger partial charge in [-0.25, -0.2) is 0 Å². The fourth-order valence-electron chi connectivity index (χ4n) is 1.72. The minimum atomic E-state index is -0.484. The first-order chi connectivity index (χ1) is 9.06. The number of nitro groups is 1. The molecule has 0 atom stereocenters. The van der Waals surface area contributed by atoms with Crippen LogP contribution in [0, 0.1) is 10.1 Å². The largest absolute Gasteiger partial charge is 0.276 e. The second kappa shape index (κ2) is 5.63. The van der Waals surface area contributed by atoms with Crippen molar-refractivity contribution in [1.82, 2.24) is 0 Å². The van der Waals surface area contributed by atoms with Crippen molar-refractivity contribution < 1.29 is 9.72 Å². The molecule has 0 aliphatic carbocycles. The maximum Gasteiger partial charge on any atom is 0.269 e. The van der Waals surface area contributed by atoms with E-state index >= 15 is 0 Å². The summed E-state index contributed by atoms with van der Waals surface area (Å²) in [6.45, 7) is 0. The molecule has 0 saturated carbocycles. The molecule has 2 aromatic carbocycles. The second-order valence-electron chi connectivity index (χ2n) is 4.07. The van der Waals surface area contributed by atoms with Gasteiger partial charge in [-0.3, -0.25) is 14.9 Å². The molecule has 96 valence electrons. The molecule has 19 heavy (non-hydrogen) atoms. The van der Waals surface area contributed by atoms with E-state index in [1.165, 1.54) is 12.1 Å². The predicted octanol–water partition coefficient (Wildman–Crippen LogP) is 3.56. The van der Waals surface area contributed by atoms with E-state index in [0.717, 1.165) is 11.1 Å². The van der Waals surface area contributed by atoms with Crippen molar-refractivity contribution in [3.63, 3.8) is 0 Å². The molecule has 0 aliphatic heterocycles. The zero-order valence-electron chi connectivity index (χ0n) is 9.88. The lowest BCUT2D eigenvalue weighted by molar-refractivity contribution is -0.384. The highest BCUT2D eigenvalue weighted by Crippen LogP contribution is 2.16. The number of nitrogens with zero attached hydrogens (tertiary/aromatic N) is 1. The smallest absolute Gasteiger partial charge is 0.269 e. The number of carbonyl (C=O) groups excluding carboxylic acids is 1. The fourth-order valence-corrected chi connectivity index (χ4v) is 1.85. The first kappa shape index (κ1) is 13.2. The molecule has 5 heteroatoms. The molecular formula is C14H10ClNO3. The number of hydrogen-bond donors (Lipinski definition) is 0. The summed E-state index contributed by atoms with van der Waals surface area (Å²) >= 11 is 5.36.